The second-order valence-corrected chi connectivity index (χ2v) is 10.7. The lowest BCUT2D eigenvalue weighted by Gasteiger charge is -2.26. The second-order valence-electron chi connectivity index (χ2n) is 10.7. The number of imidazole rings is 1. The number of likely N-dealkylation sites (tertiary alicyclic amines) is 1. The van der Waals surface area contributed by atoms with E-state index in [1.165, 1.54) is 0 Å². The Kier molecular flexibility index (Phi) is 7.72. The number of nitrogens with zero attached hydrogens (tertiary/aromatic N) is 3. The Balaban J connectivity index is 1.50. The molecule has 3 heterocycles. The monoisotopic (exact) mass is 529 g/mol. The average Bonchev–Trinajstić information content (AvgIpc) is 3.62. The zero-order chi connectivity index (χ0) is 27.5. The summed E-state index contributed by atoms with van der Waals surface area (Å²) in [5, 5.41) is 11.5. The minimum atomic E-state index is -0.732. The summed E-state index contributed by atoms with van der Waals surface area (Å²) in [6.07, 6.45) is 7.61. The van der Waals surface area contributed by atoms with Crippen molar-refractivity contribution in [1.29, 1.82) is 0 Å². The van der Waals surface area contributed by atoms with E-state index in [0.29, 0.717) is 43.3 Å². The Bertz CT molecular complexity index is 1380. The first-order valence-electron chi connectivity index (χ1n) is 13.6. The van der Waals surface area contributed by atoms with Crippen molar-refractivity contribution in [2.75, 3.05) is 13.2 Å². The van der Waals surface area contributed by atoms with Crippen molar-refractivity contribution < 1.29 is 24.2 Å². The van der Waals surface area contributed by atoms with E-state index in [1.54, 1.807) is 23.5 Å². The maximum atomic E-state index is 13.4. The Morgan fingerprint density at radius 1 is 1.18 bits per heavy atom. The highest BCUT2D eigenvalue weighted by molar-refractivity contribution is 6.46. The predicted octanol–water partition coefficient (Wildman–Crippen LogP) is 5.14. The van der Waals surface area contributed by atoms with Gasteiger partial charge in [-0.15, -0.1) is 0 Å². The van der Waals surface area contributed by atoms with Gasteiger partial charge in [0.05, 0.1) is 24.5 Å². The highest BCUT2D eigenvalue weighted by Crippen LogP contribution is 2.41. The molecule has 3 aromatic rings. The molecule has 0 aliphatic carbocycles. The summed E-state index contributed by atoms with van der Waals surface area (Å²) in [4.78, 5) is 32.4. The molecule has 1 saturated heterocycles. The molecule has 204 valence electrons. The number of hydrogen-bond donors (Lipinski definition) is 1. The van der Waals surface area contributed by atoms with Crippen LogP contribution >= 0.6 is 0 Å². The van der Waals surface area contributed by atoms with E-state index in [0.717, 1.165) is 29.7 Å². The van der Waals surface area contributed by atoms with Crippen molar-refractivity contribution in [2.24, 2.45) is 5.92 Å². The number of fused-ring (bicyclic) bond motifs is 1. The number of benzene rings is 2. The number of carbonyl (C=O) groups is 2. The maximum absolute atomic E-state index is 13.4. The largest absolute Gasteiger partial charge is 0.507 e. The average molecular weight is 530 g/mol. The highest BCUT2D eigenvalue weighted by atomic mass is 16.5. The number of Topliss-reactive ketones (excluding diaryl/α,β-unsaturated/α-hetero) is 1. The lowest BCUT2D eigenvalue weighted by molar-refractivity contribution is -0.139. The Labute approximate surface area is 228 Å². The normalized spacial score (nSPS) is 19.9. The molecule has 8 heteroatoms. The third kappa shape index (κ3) is 5.70. The molecule has 0 bridgehead atoms. The molecule has 0 unspecified atom stereocenters. The number of aliphatic hydroxyl groups excluding tert-OH is 1. The minimum absolute atomic E-state index is 0.0527. The maximum Gasteiger partial charge on any atom is 0.295 e. The molecule has 2 atom stereocenters. The smallest absolute Gasteiger partial charge is 0.295 e. The van der Waals surface area contributed by atoms with Crippen molar-refractivity contribution in [2.45, 2.75) is 58.7 Å². The quantitative estimate of drug-likeness (QED) is 0.222. The van der Waals surface area contributed by atoms with Crippen LogP contribution in [0.3, 0.4) is 0 Å². The van der Waals surface area contributed by atoms with Crippen LogP contribution in [0.5, 0.6) is 11.5 Å². The van der Waals surface area contributed by atoms with E-state index < -0.39 is 17.7 Å². The number of rotatable bonds is 10. The zero-order valence-corrected chi connectivity index (χ0v) is 22.7. The van der Waals surface area contributed by atoms with Crippen LogP contribution in [0.4, 0.5) is 0 Å². The van der Waals surface area contributed by atoms with E-state index in [1.807, 2.05) is 54.1 Å². The fraction of sp³-hybridized carbons (Fsp3) is 0.387. The first-order valence-corrected chi connectivity index (χ1v) is 13.6. The molecular formula is C31H35N3O5. The summed E-state index contributed by atoms with van der Waals surface area (Å²) in [6, 6.07) is 12.1. The Hall–Kier alpha value is -4.07. The molecule has 1 aromatic heterocycles. The van der Waals surface area contributed by atoms with Gasteiger partial charge in [0.1, 0.15) is 23.4 Å². The molecule has 2 aromatic carbocycles. The first kappa shape index (κ1) is 26.5. The van der Waals surface area contributed by atoms with Crippen LogP contribution in [0.25, 0.3) is 5.76 Å². The number of aliphatic hydroxyl groups is 1. The predicted molar refractivity (Wildman–Crippen MR) is 147 cm³/mol. The summed E-state index contributed by atoms with van der Waals surface area (Å²) in [5.74, 6) is 0.482. The number of ether oxygens (including phenoxy) is 2. The highest BCUT2D eigenvalue weighted by Gasteiger charge is 2.46. The molecule has 0 spiro atoms. The molecule has 1 amide bonds. The standard InChI is InChI=1S/C31H35N3O5/c1-20(2)10-15-38-25-7-4-6-22(18-25)28-27(29(35)23-8-9-26-24(17-23)16-21(3)39-26)30(36)31(37)34(28)13-5-12-33-14-11-32-19-33/h4,6-9,11,14,17-21,28,35H,5,10,12-13,15-16H2,1-3H3/b29-27+/t21-,28+/m1/s1. The fourth-order valence-corrected chi connectivity index (χ4v) is 5.21. The van der Waals surface area contributed by atoms with Crippen LogP contribution in [0.1, 0.15) is 56.3 Å². The van der Waals surface area contributed by atoms with Crippen molar-refractivity contribution in [3.8, 4) is 11.5 Å². The van der Waals surface area contributed by atoms with Gasteiger partial charge >= 0.3 is 0 Å². The van der Waals surface area contributed by atoms with Crippen LogP contribution < -0.4 is 9.47 Å². The van der Waals surface area contributed by atoms with Crippen molar-refractivity contribution in [3.05, 3.63) is 83.4 Å². The molecule has 0 radical (unpaired) electrons. The molecule has 5 rings (SSSR count). The lowest BCUT2D eigenvalue weighted by Crippen LogP contribution is -2.31. The Morgan fingerprint density at radius 3 is 2.79 bits per heavy atom. The molecule has 1 fully saturated rings. The van der Waals surface area contributed by atoms with Crippen LogP contribution in [-0.2, 0) is 22.6 Å². The summed E-state index contributed by atoms with van der Waals surface area (Å²) in [7, 11) is 0. The van der Waals surface area contributed by atoms with Gasteiger partial charge in [-0.1, -0.05) is 26.0 Å². The number of carbonyl (C=O) groups excluding carboxylic acids is 2. The topological polar surface area (TPSA) is 93.9 Å². The van der Waals surface area contributed by atoms with Crippen molar-refractivity contribution >= 4 is 17.4 Å². The third-order valence-electron chi connectivity index (χ3n) is 7.22. The van der Waals surface area contributed by atoms with Gasteiger partial charge in [0.2, 0.25) is 0 Å². The first-order chi connectivity index (χ1) is 18.8. The van der Waals surface area contributed by atoms with Crippen molar-refractivity contribution in [3.63, 3.8) is 0 Å². The van der Waals surface area contributed by atoms with E-state index in [2.05, 4.69) is 18.8 Å². The second kappa shape index (κ2) is 11.4. The van der Waals surface area contributed by atoms with Crippen molar-refractivity contribution in [1.82, 2.24) is 14.5 Å². The fourth-order valence-electron chi connectivity index (χ4n) is 5.21. The van der Waals surface area contributed by atoms with Gasteiger partial charge in [-0.05, 0) is 67.1 Å². The third-order valence-corrected chi connectivity index (χ3v) is 7.22. The van der Waals surface area contributed by atoms with Crippen LogP contribution in [0.2, 0.25) is 0 Å². The van der Waals surface area contributed by atoms with Gasteiger partial charge < -0.3 is 24.0 Å². The molecule has 1 N–H and O–H groups in total. The van der Waals surface area contributed by atoms with E-state index in [9.17, 15) is 14.7 Å². The summed E-state index contributed by atoms with van der Waals surface area (Å²) in [6.45, 7) is 7.84. The minimum Gasteiger partial charge on any atom is -0.507 e. The lowest BCUT2D eigenvalue weighted by atomic mass is 9.94. The number of amides is 1. The van der Waals surface area contributed by atoms with Crippen LogP contribution in [-0.4, -0.2) is 50.5 Å². The molecular weight excluding hydrogens is 494 g/mol. The van der Waals surface area contributed by atoms with Crippen LogP contribution in [0, 0.1) is 5.92 Å². The summed E-state index contributed by atoms with van der Waals surface area (Å²) < 4.78 is 13.7. The Morgan fingerprint density at radius 2 is 2.03 bits per heavy atom. The summed E-state index contributed by atoms with van der Waals surface area (Å²) in [5.41, 5.74) is 2.28. The zero-order valence-electron chi connectivity index (χ0n) is 22.7. The molecule has 2 aliphatic rings. The molecule has 0 saturated carbocycles. The van der Waals surface area contributed by atoms with Gasteiger partial charge in [-0.2, -0.15) is 0 Å². The van der Waals surface area contributed by atoms with Gasteiger partial charge in [-0.3, -0.25) is 9.59 Å². The van der Waals surface area contributed by atoms with Gasteiger partial charge in [0.25, 0.3) is 11.7 Å². The molecule has 8 nitrogen and oxygen atoms in total. The SMILES string of the molecule is CC(C)CCOc1cccc([C@H]2/C(=C(\O)c3ccc4c(c3)C[C@@H](C)O4)C(=O)C(=O)N2CCCn2ccnc2)c1. The molecule has 2 aliphatic heterocycles. The number of ketones is 1. The van der Waals surface area contributed by atoms with E-state index in [-0.39, 0.29) is 17.4 Å². The van der Waals surface area contributed by atoms with E-state index >= 15 is 0 Å². The van der Waals surface area contributed by atoms with E-state index in [4.69, 9.17) is 9.47 Å². The number of aromatic nitrogens is 2. The molecule has 39 heavy (non-hydrogen) atoms. The summed E-state index contributed by atoms with van der Waals surface area (Å²) >= 11 is 0. The van der Waals surface area contributed by atoms with Gasteiger partial charge in [0, 0.05) is 37.5 Å². The van der Waals surface area contributed by atoms with Gasteiger partial charge in [-0.25, -0.2) is 4.98 Å². The number of hydrogen-bond acceptors (Lipinski definition) is 6. The van der Waals surface area contributed by atoms with Crippen LogP contribution in [0.15, 0.2) is 66.8 Å². The van der Waals surface area contributed by atoms with Gasteiger partial charge in [0.15, 0.2) is 0 Å². The number of aryl methyl sites for hydroxylation is 1.